The lowest BCUT2D eigenvalue weighted by molar-refractivity contribution is 0.0668. The van der Waals surface area contributed by atoms with Crippen molar-refractivity contribution >= 4 is 21.0 Å². The number of halogens is 1. The van der Waals surface area contributed by atoms with Gasteiger partial charge in [-0.3, -0.25) is 9.29 Å². The molecule has 2 aliphatic heterocycles. The highest BCUT2D eigenvalue weighted by molar-refractivity contribution is 7.90. The van der Waals surface area contributed by atoms with E-state index in [0.29, 0.717) is 12.4 Å². The third-order valence-electron chi connectivity index (χ3n) is 6.98. The standard InChI is InChI=1S/C29H30FNO5S/c1-19-26-15-23(32)7-12-27(26)36-29(28(19)21-5-10-25(11-6-21)37(2,33)34)22-3-8-24(9-4-22)35-14-13-31-17-20(16-30)18-31/h3-12,15,20,29,32H,13-14,16-18H2,1-2H3/t29-/m0/s1. The molecule has 3 aromatic rings. The molecule has 0 spiro atoms. The van der Waals surface area contributed by atoms with Crippen LogP contribution in [0.1, 0.15) is 29.7 Å². The summed E-state index contributed by atoms with van der Waals surface area (Å²) >= 11 is 0. The highest BCUT2D eigenvalue weighted by Gasteiger charge is 2.30. The molecule has 194 valence electrons. The minimum Gasteiger partial charge on any atom is -0.508 e. The van der Waals surface area contributed by atoms with Gasteiger partial charge in [0, 0.05) is 42.9 Å². The third-order valence-corrected chi connectivity index (χ3v) is 8.11. The number of ether oxygens (including phenoxy) is 2. The van der Waals surface area contributed by atoms with Crippen LogP contribution in [-0.4, -0.2) is 57.6 Å². The smallest absolute Gasteiger partial charge is 0.175 e. The normalized spacial score (nSPS) is 18.2. The van der Waals surface area contributed by atoms with Crippen LogP contribution in [0.3, 0.4) is 0 Å². The minimum atomic E-state index is -3.32. The Morgan fingerprint density at radius 3 is 2.41 bits per heavy atom. The first-order valence-electron chi connectivity index (χ1n) is 12.3. The predicted molar refractivity (Wildman–Crippen MR) is 141 cm³/mol. The maximum absolute atomic E-state index is 12.6. The fraction of sp³-hybridized carbons (Fsp3) is 0.310. The first-order valence-corrected chi connectivity index (χ1v) is 14.1. The number of likely N-dealkylation sites (tertiary alicyclic amines) is 1. The molecular formula is C29H30FNO5S. The Morgan fingerprint density at radius 2 is 1.76 bits per heavy atom. The number of hydrogen-bond donors (Lipinski definition) is 1. The van der Waals surface area contributed by atoms with Crippen LogP contribution < -0.4 is 9.47 Å². The molecule has 2 aliphatic rings. The summed E-state index contributed by atoms with van der Waals surface area (Å²) in [5, 5.41) is 10.1. The van der Waals surface area contributed by atoms with Gasteiger partial charge in [0.15, 0.2) is 9.84 Å². The van der Waals surface area contributed by atoms with Gasteiger partial charge in [-0.2, -0.15) is 0 Å². The summed E-state index contributed by atoms with van der Waals surface area (Å²) in [6, 6.07) is 19.6. The number of phenolic OH excluding ortho intramolecular Hbond substituents is 1. The summed E-state index contributed by atoms with van der Waals surface area (Å²) < 4.78 is 48.9. The highest BCUT2D eigenvalue weighted by Crippen LogP contribution is 2.47. The lowest BCUT2D eigenvalue weighted by atomic mass is 9.86. The minimum absolute atomic E-state index is 0.145. The Kier molecular flexibility index (Phi) is 6.96. The Labute approximate surface area is 216 Å². The lowest BCUT2D eigenvalue weighted by Gasteiger charge is -2.37. The van der Waals surface area contributed by atoms with Gasteiger partial charge in [0.2, 0.25) is 0 Å². The zero-order valence-corrected chi connectivity index (χ0v) is 21.7. The monoisotopic (exact) mass is 523 g/mol. The summed E-state index contributed by atoms with van der Waals surface area (Å²) in [7, 11) is -3.32. The number of sulfone groups is 1. The van der Waals surface area contributed by atoms with Crippen LogP contribution in [0.15, 0.2) is 71.6 Å². The number of hydrogen-bond acceptors (Lipinski definition) is 6. The maximum atomic E-state index is 12.6. The van der Waals surface area contributed by atoms with Gasteiger partial charge in [0.05, 0.1) is 11.6 Å². The number of alkyl halides is 1. The Morgan fingerprint density at radius 1 is 1.05 bits per heavy atom. The first kappa shape index (κ1) is 25.3. The van der Waals surface area contributed by atoms with E-state index in [1.807, 2.05) is 31.2 Å². The molecule has 1 saturated heterocycles. The highest BCUT2D eigenvalue weighted by atomic mass is 32.2. The number of fused-ring (bicyclic) bond motifs is 1. The fourth-order valence-corrected chi connectivity index (χ4v) is 5.54. The molecular weight excluding hydrogens is 493 g/mol. The Bertz CT molecular complexity index is 1410. The zero-order valence-electron chi connectivity index (χ0n) is 20.9. The lowest BCUT2D eigenvalue weighted by Crippen LogP contribution is -2.49. The SMILES string of the molecule is CC1=C(c2ccc(S(C)(=O)=O)cc2)[C@H](c2ccc(OCCN3CC(CF)C3)cc2)Oc2ccc(O)cc21. The molecule has 0 amide bonds. The van der Waals surface area contributed by atoms with Gasteiger partial charge >= 0.3 is 0 Å². The summed E-state index contributed by atoms with van der Waals surface area (Å²) in [5.41, 5.74) is 4.38. The van der Waals surface area contributed by atoms with Gasteiger partial charge in [-0.1, -0.05) is 24.3 Å². The van der Waals surface area contributed by atoms with Crippen molar-refractivity contribution in [1.82, 2.24) is 4.90 Å². The third kappa shape index (κ3) is 5.36. The average molecular weight is 524 g/mol. The van der Waals surface area contributed by atoms with Crippen molar-refractivity contribution in [3.8, 4) is 17.2 Å². The van der Waals surface area contributed by atoms with Crippen LogP contribution >= 0.6 is 0 Å². The molecule has 1 fully saturated rings. The predicted octanol–water partition coefficient (Wildman–Crippen LogP) is 5.14. The van der Waals surface area contributed by atoms with Crippen molar-refractivity contribution in [3.05, 3.63) is 83.4 Å². The van der Waals surface area contributed by atoms with Gasteiger partial charge in [-0.25, -0.2) is 8.42 Å². The van der Waals surface area contributed by atoms with E-state index in [1.165, 1.54) is 6.26 Å². The van der Waals surface area contributed by atoms with Crippen molar-refractivity contribution in [3.63, 3.8) is 0 Å². The largest absolute Gasteiger partial charge is 0.508 e. The second-order valence-corrected chi connectivity index (χ2v) is 11.7. The molecule has 1 atom stereocenters. The maximum Gasteiger partial charge on any atom is 0.175 e. The van der Waals surface area contributed by atoms with E-state index in [2.05, 4.69) is 4.90 Å². The van der Waals surface area contributed by atoms with Crippen molar-refractivity contribution in [2.75, 3.05) is 39.2 Å². The number of benzene rings is 3. The van der Waals surface area contributed by atoms with Gasteiger partial charge in [0.1, 0.15) is 30.0 Å². The molecule has 37 heavy (non-hydrogen) atoms. The Hall–Kier alpha value is -3.36. The van der Waals surface area contributed by atoms with Crippen LogP contribution in [0.4, 0.5) is 4.39 Å². The quantitative estimate of drug-likeness (QED) is 0.441. The van der Waals surface area contributed by atoms with E-state index in [4.69, 9.17) is 9.47 Å². The molecule has 6 nitrogen and oxygen atoms in total. The number of rotatable bonds is 8. The molecule has 5 rings (SSSR count). The van der Waals surface area contributed by atoms with Gasteiger partial charge in [0.25, 0.3) is 0 Å². The number of nitrogens with zero attached hydrogens (tertiary/aromatic N) is 1. The molecule has 0 bridgehead atoms. The fourth-order valence-electron chi connectivity index (χ4n) is 4.91. The second kappa shape index (κ2) is 10.2. The Balaban J connectivity index is 1.40. The van der Waals surface area contributed by atoms with E-state index in [-0.39, 0.29) is 23.2 Å². The topological polar surface area (TPSA) is 76.1 Å². The average Bonchev–Trinajstić information content (AvgIpc) is 2.85. The number of aromatic hydroxyl groups is 1. The van der Waals surface area contributed by atoms with E-state index in [0.717, 1.165) is 53.2 Å². The van der Waals surface area contributed by atoms with Crippen LogP contribution in [0.5, 0.6) is 17.2 Å². The molecule has 0 aromatic heterocycles. The van der Waals surface area contributed by atoms with Gasteiger partial charge in [-0.05, 0) is 66.1 Å². The zero-order chi connectivity index (χ0) is 26.2. The van der Waals surface area contributed by atoms with E-state index in [9.17, 15) is 17.9 Å². The van der Waals surface area contributed by atoms with Gasteiger partial charge < -0.3 is 14.6 Å². The second-order valence-electron chi connectivity index (χ2n) is 9.71. The molecule has 0 radical (unpaired) electrons. The first-order chi connectivity index (χ1) is 17.7. The van der Waals surface area contributed by atoms with Crippen LogP contribution in [0, 0.1) is 5.92 Å². The van der Waals surface area contributed by atoms with Crippen LogP contribution in [0.2, 0.25) is 0 Å². The molecule has 1 N–H and O–H groups in total. The van der Waals surface area contributed by atoms with E-state index in [1.54, 1.807) is 42.5 Å². The summed E-state index contributed by atoms with van der Waals surface area (Å²) in [6.45, 7) is 4.60. The molecule has 0 saturated carbocycles. The van der Waals surface area contributed by atoms with E-state index < -0.39 is 15.9 Å². The number of phenols is 1. The summed E-state index contributed by atoms with van der Waals surface area (Å²) in [4.78, 5) is 2.43. The summed E-state index contributed by atoms with van der Waals surface area (Å²) in [6.07, 6.45) is 0.750. The van der Waals surface area contributed by atoms with Crippen LogP contribution in [-0.2, 0) is 9.84 Å². The van der Waals surface area contributed by atoms with Crippen molar-refractivity contribution in [1.29, 1.82) is 0 Å². The van der Waals surface area contributed by atoms with Crippen molar-refractivity contribution in [2.45, 2.75) is 17.9 Å². The summed E-state index contributed by atoms with van der Waals surface area (Å²) in [5.74, 6) is 1.72. The molecule has 0 aliphatic carbocycles. The molecule has 3 aromatic carbocycles. The van der Waals surface area contributed by atoms with E-state index >= 15 is 0 Å². The van der Waals surface area contributed by atoms with Gasteiger partial charge in [-0.15, -0.1) is 0 Å². The molecule has 0 unspecified atom stereocenters. The molecule has 2 heterocycles. The number of allylic oxidation sites excluding steroid dienone is 1. The van der Waals surface area contributed by atoms with Crippen molar-refractivity contribution in [2.24, 2.45) is 5.92 Å². The van der Waals surface area contributed by atoms with Crippen molar-refractivity contribution < 1.29 is 27.4 Å². The molecule has 8 heteroatoms. The van der Waals surface area contributed by atoms with Crippen LogP contribution in [0.25, 0.3) is 11.1 Å².